The number of methoxy groups -OCH3 is 1. The highest BCUT2D eigenvalue weighted by molar-refractivity contribution is 5.56. The van der Waals surface area contributed by atoms with E-state index >= 15 is 0 Å². The lowest BCUT2D eigenvalue weighted by atomic mass is 10.1. The summed E-state index contributed by atoms with van der Waals surface area (Å²) in [6.45, 7) is 8.95. The van der Waals surface area contributed by atoms with Crippen molar-refractivity contribution in [1.29, 1.82) is 0 Å². The number of aliphatic hydroxyl groups excluding tert-OH is 1. The standard InChI is InChI=1S/C21H28N2O2/c1-16-6-4-9-20(17(16)2)23-12-10-22(11-13-23)15-21(24)18-7-5-8-19(14-18)25-3/h4-9,14,21,24H,10-13,15H2,1-3H3/t21-/m0/s1. The van der Waals surface area contributed by atoms with Gasteiger partial charge in [0.25, 0.3) is 0 Å². The topological polar surface area (TPSA) is 35.9 Å². The molecule has 1 aliphatic heterocycles. The Morgan fingerprint density at radius 2 is 1.76 bits per heavy atom. The summed E-state index contributed by atoms with van der Waals surface area (Å²) in [5.41, 5.74) is 4.96. The Morgan fingerprint density at radius 3 is 2.48 bits per heavy atom. The Kier molecular flexibility index (Phi) is 5.61. The fourth-order valence-corrected chi connectivity index (χ4v) is 3.45. The zero-order valence-corrected chi connectivity index (χ0v) is 15.4. The van der Waals surface area contributed by atoms with E-state index in [-0.39, 0.29) is 0 Å². The Bertz CT molecular complexity index is 709. The summed E-state index contributed by atoms with van der Waals surface area (Å²) in [6, 6.07) is 14.2. The molecule has 0 saturated carbocycles. The second-order valence-corrected chi connectivity index (χ2v) is 6.80. The minimum absolute atomic E-state index is 0.484. The van der Waals surface area contributed by atoms with Crippen LogP contribution < -0.4 is 9.64 Å². The third-order valence-corrected chi connectivity index (χ3v) is 5.20. The predicted octanol–water partition coefficient (Wildman–Crippen LogP) is 3.17. The number of nitrogens with zero attached hydrogens (tertiary/aromatic N) is 2. The van der Waals surface area contributed by atoms with Crippen LogP contribution in [0, 0.1) is 13.8 Å². The second kappa shape index (κ2) is 7.89. The van der Waals surface area contributed by atoms with Crippen molar-refractivity contribution in [3.05, 3.63) is 59.2 Å². The van der Waals surface area contributed by atoms with Gasteiger partial charge in [0.05, 0.1) is 13.2 Å². The zero-order chi connectivity index (χ0) is 17.8. The van der Waals surface area contributed by atoms with Crippen LogP contribution in [-0.4, -0.2) is 49.8 Å². The molecule has 4 nitrogen and oxygen atoms in total. The highest BCUT2D eigenvalue weighted by Crippen LogP contribution is 2.25. The molecule has 134 valence electrons. The van der Waals surface area contributed by atoms with Gasteiger partial charge in [-0.2, -0.15) is 0 Å². The molecule has 2 aromatic rings. The molecular weight excluding hydrogens is 312 g/mol. The van der Waals surface area contributed by atoms with Gasteiger partial charge in [-0.25, -0.2) is 0 Å². The number of β-amino-alcohol motifs (C(OH)–C–C–N with tert-alkyl or cyclic N) is 1. The van der Waals surface area contributed by atoms with Gasteiger partial charge in [0, 0.05) is 38.4 Å². The normalized spacial score (nSPS) is 16.7. The summed E-state index contributed by atoms with van der Waals surface area (Å²) in [7, 11) is 1.65. The lowest BCUT2D eigenvalue weighted by molar-refractivity contribution is 0.109. The number of anilines is 1. The largest absolute Gasteiger partial charge is 0.497 e. The van der Waals surface area contributed by atoms with Crippen molar-refractivity contribution in [2.24, 2.45) is 0 Å². The molecule has 3 rings (SSSR count). The first-order valence-corrected chi connectivity index (χ1v) is 8.94. The van der Waals surface area contributed by atoms with E-state index in [4.69, 9.17) is 4.74 Å². The lowest BCUT2D eigenvalue weighted by Gasteiger charge is -2.37. The van der Waals surface area contributed by atoms with Crippen LogP contribution in [0.2, 0.25) is 0 Å². The SMILES string of the molecule is COc1cccc([C@@H](O)CN2CCN(c3cccc(C)c3C)CC2)c1. The fraction of sp³-hybridized carbons (Fsp3) is 0.429. The highest BCUT2D eigenvalue weighted by atomic mass is 16.5. The molecule has 1 saturated heterocycles. The fourth-order valence-electron chi connectivity index (χ4n) is 3.45. The van der Waals surface area contributed by atoms with E-state index in [0.717, 1.165) is 37.5 Å². The first kappa shape index (κ1) is 17.8. The van der Waals surface area contributed by atoms with Crippen molar-refractivity contribution in [3.63, 3.8) is 0 Å². The average Bonchev–Trinajstić information content (AvgIpc) is 2.65. The quantitative estimate of drug-likeness (QED) is 0.907. The number of hydrogen-bond acceptors (Lipinski definition) is 4. The third kappa shape index (κ3) is 4.14. The molecule has 0 bridgehead atoms. The molecule has 1 heterocycles. The van der Waals surface area contributed by atoms with Crippen molar-refractivity contribution >= 4 is 5.69 Å². The number of aliphatic hydroxyl groups is 1. The van der Waals surface area contributed by atoms with Crippen LogP contribution in [0.3, 0.4) is 0 Å². The Hall–Kier alpha value is -2.04. The number of rotatable bonds is 5. The van der Waals surface area contributed by atoms with Crippen LogP contribution in [0.25, 0.3) is 0 Å². The van der Waals surface area contributed by atoms with Gasteiger partial charge in [0.2, 0.25) is 0 Å². The van der Waals surface area contributed by atoms with Gasteiger partial charge in [0.1, 0.15) is 5.75 Å². The maximum Gasteiger partial charge on any atom is 0.119 e. The third-order valence-electron chi connectivity index (χ3n) is 5.20. The van der Waals surface area contributed by atoms with Crippen molar-refractivity contribution in [2.45, 2.75) is 20.0 Å². The Labute approximate surface area is 150 Å². The molecule has 1 N–H and O–H groups in total. The van der Waals surface area contributed by atoms with Crippen LogP contribution >= 0.6 is 0 Å². The summed E-state index contributed by atoms with van der Waals surface area (Å²) in [5, 5.41) is 10.5. The first-order valence-electron chi connectivity index (χ1n) is 8.94. The number of ether oxygens (including phenoxy) is 1. The minimum atomic E-state index is -0.484. The molecule has 25 heavy (non-hydrogen) atoms. The molecule has 1 fully saturated rings. The molecule has 0 aliphatic carbocycles. The molecule has 0 aromatic heterocycles. The number of aryl methyl sites for hydroxylation is 1. The molecule has 0 spiro atoms. The van der Waals surface area contributed by atoms with Crippen molar-refractivity contribution in [3.8, 4) is 5.75 Å². The van der Waals surface area contributed by atoms with Crippen LogP contribution in [-0.2, 0) is 0 Å². The van der Waals surface area contributed by atoms with Gasteiger partial charge in [-0.3, -0.25) is 4.90 Å². The molecule has 0 radical (unpaired) electrons. The van der Waals surface area contributed by atoms with Crippen LogP contribution in [0.15, 0.2) is 42.5 Å². The molecular formula is C21H28N2O2. The van der Waals surface area contributed by atoms with Crippen molar-refractivity contribution < 1.29 is 9.84 Å². The number of hydrogen-bond donors (Lipinski definition) is 1. The van der Waals surface area contributed by atoms with Gasteiger partial charge >= 0.3 is 0 Å². The van der Waals surface area contributed by atoms with E-state index in [2.05, 4.69) is 41.8 Å². The number of benzene rings is 2. The van der Waals surface area contributed by atoms with E-state index in [1.807, 2.05) is 24.3 Å². The first-order chi connectivity index (χ1) is 12.1. The average molecular weight is 340 g/mol. The predicted molar refractivity (Wildman–Crippen MR) is 103 cm³/mol. The van der Waals surface area contributed by atoms with Gasteiger partial charge in [-0.05, 0) is 48.7 Å². The zero-order valence-electron chi connectivity index (χ0n) is 15.4. The second-order valence-electron chi connectivity index (χ2n) is 6.80. The maximum absolute atomic E-state index is 10.5. The Balaban J connectivity index is 1.58. The molecule has 0 amide bonds. The van der Waals surface area contributed by atoms with Gasteiger partial charge in [-0.1, -0.05) is 24.3 Å². The van der Waals surface area contributed by atoms with E-state index < -0.39 is 6.10 Å². The smallest absolute Gasteiger partial charge is 0.119 e. The minimum Gasteiger partial charge on any atom is -0.497 e. The highest BCUT2D eigenvalue weighted by Gasteiger charge is 2.21. The summed E-state index contributed by atoms with van der Waals surface area (Å²) >= 11 is 0. The molecule has 1 aliphatic rings. The molecule has 0 unspecified atom stereocenters. The van der Waals surface area contributed by atoms with Crippen LogP contribution in [0.1, 0.15) is 22.8 Å². The van der Waals surface area contributed by atoms with Crippen LogP contribution in [0.4, 0.5) is 5.69 Å². The van der Waals surface area contributed by atoms with Crippen molar-refractivity contribution in [1.82, 2.24) is 4.90 Å². The summed E-state index contributed by atoms with van der Waals surface area (Å²) < 4.78 is 5.25. The molecule has 4 heteroatoms. The van der Waals surface area contributed by atoms with Crippen molar-refractivity contribution in [2.75, 3.05) is 44.7 Å². The van der Waals surface area contributed by atoms with E-state index in [0.29, 0.717) is 6.54 Å². The summed E-state index contributed by atoms with van der Waals surface area (Å²) in [4.78, 5) is 4.79. The van der Waals surface area contributed by atoms with Crippen LogP contribution in [0.5, 0.6) is 5.75 Å². The van der Waals surface area contributed by atoms with E-state index in [9.17, 15) is 5.11 Å². The monoisotopic (exact) mass is 340 g/mol. The summed E-state index contributed by atoms with van der Waals surface area (Å²) in [5.74, 6) is 0.788. The summed E-state index contributed by atoms with van der Waals surface area (Å²) in [6.07, 6.45) is -0.484. The van der Waals surface area contributed by atoms with Gasteiger partial charge in [-0.15, -0.1) is 0 Å². The van der Waals surface area contributed by atoms with Gasteiger partial charge < -0.3 is 14.7 Å². The Morgan fingerprint density at radius 1 is 1.04 bits per heavy atom. The van der Waals surface area contributed by atoms with Gasteiger partial charge in [0.15, 0.2) is 0 Å². The number of piperazine rings is 1. The maximum atomic E-state index is 10.5. The van der Waals surface area contributed by atoms with E-state index in [1.165, 1.54) is 16.8 Å². The van der Waals surface area contributed by atoms with E-state index in [1.54, 1.807) is 7.11 Å². The molecule has 1 atom stereocenters. The lowest BCUT2D eigenvalue weighted by Crippen LogP contribution is -2.47. The molecule has 2 aromatic carbocycles.